The summed E-state index contributed by atoms with van der Waals surface area (Å²) in [7, 11) is 1.46. The molecule has 1 fully saturated rings. The van der Waals surface area contributed by atoms with Gasteiger partial charge in [0.25, 0.3) is 5.91 Å². The fourth-order valence-electron chi connectivity index (χ4n) is 2.96. The summed E-state index contributed by atoms with van der Waals surface area (Å²) in [6.07, 6.45) is 2.11. The molecule has 5 nitrogen and oxygen atoms in total. The lowest BCUT2D eigenvalue weighted by atomic mass is 10.1. The number of methoxy groups -OCH3 is 1. The Labute approximate surface area is 147 Å². The van der Waals surface area contributed by atoms with E-state index in [1.165, 1.54) is 12.7 Å². The van der Waals surface area contributed by atoms with E-state index in [1.54, 1.807) is 18.2 Å². The SMILES string of the molecule is COc1cc(Cl)ccc1C(=O)NNC(=O)C1C(C=C(C)C)C1(C)C. The van der Waals surface area contributed by atoms with Gasteiger partial charge in [-0.3, -0.25) is 20.4 Å². The summed E-state index contributed by atoms with van der Waals surface area (Å²) in [5.74, 6) is -0.259. The van der Waals surface area contributed by atoms with E-state index >= 15 is 0 Å². The zero-order chi connectivity index (χ0) is 18.1. The van der Waals surface area contributed by atoms with Crippen LogP contribution in [0.5, 0.6) is 5.75 Å². The molecule has 0 spiro atoms. The minimum atomic E-state index is -0.450. The molecule has 24 heavy (non-hydrogen) atoms. The predicted octanol–water partition coefficient (Wildman–Crippen LogP) is 3.35. The number of hydrazine groups is 1. The van der Waals surface area contributed by atoms with E-state index in [0.29, 0.717) is 16.3 Å². The van der Waals surface area contributed by atoms with Crippen molar-refractivity contribution in [1.29, 1.82) is 0 Å². The normalized spacial score (nSPS) is 20.8. The molecular weight excluding hydrogens is 328 g/mol. The second-order valence-corrected chi connectivity index (χ2v) is 7.29. The van der Waals surface area contributed by atoms with Crippen molar-refractivity contribution in [2.75, 3.05) is 7.11 Å². The molecule has 0 aliphatic heterocycles. The van der Waals surface area contributed by atoms with Crippen LogP contribution in [0, 0.1) is 17.3 Å². The van der Waals surface area contributed by atoms with Gasteiger partial charge in [-0.25, -0.2) is 0 Å². The third-order valence-electron chi connectivity index (χ3n) is 4.41. The number of carbonyl (C=O) groups is 2. The van der Waals surface area contributed by atoms with Crippen molar-refractivity contribution in [1.82, 2.24) is 10.9 Å². The summed E-state index contributed by atoms with van der Waals surface area (Å²) in [5.41, 5.74) is 6.33. The molecule has 130 valence electrons. The first-order valence-corrected chi connectivity index (χ1v) is 8.15. The quantitative estimate of drug-likeness (QED) is 0.646. The van der Waals surface area contributed by atoms with Crippen LogP contribution < -0.4 is 15.6 Å². The molecule has 0 saturated heterocycles. The van der Waals surface area contributed by atoms with Gasteiger partial charge >= 0.3 is 0 Å². The van der Waals surface area contributed by atoms with E-state index in [4.69, 9.17) is 16.3 Å². The Morgan fingerprint density at radius 1 is 1.25 bits per heavy atom. The van der Waals surface area contributed by atoms with Crippen molar-refractivity contribution in [3.63, 3.8) is 0 Å². The van der Waals surface area contributed by atoms with Crippen molar-refractivity contribution in [3.8, 4) is 5.75 Å². The maximum atomic E-state index is 12.3. The van der Waals surface area contributed by atoms with E-state index in [0.717, 1.165) is 0 Å². The Hall–Kier alpha value is -2.01. The molecule has 0 aromatic heterocycles. The standard InChI is InChI=1S/C18H23ClN2O3/c1-10(2)8-13-15(18(13,3)4)17(23)21-20-16(22)12-7-6-11(19)9-14(12)24-5/h6-9,13,15H,1-5H3,(H,20,22)(H,21,23). The molecule has 1 aromatic carbocycles. The van der Waals surface area contributed by atoms with Gasteiger partial charge in [0.05, 0.1) is 18.6 Å². The lowest BCUT2D eigenvalue weighted by molar-refractivity contribution is -0.123. The van der Waals surface area contributed by atoms with Crippen LogP contribution in [0.4, 0.5) is 0 Å². The lowest BCUT2D eigenvalue weighted by Gasteiger charge is -2.11. The highest BCUT2D eigenvalue weighted by Crippen LogP contribution is 2.59. The third-order valence-corrected chi connectivity index (χ3v) is 4.65. The zero-order valence-corrected chi connectivity index (χ0v) is 15.3. The van der Waals surface area contributed by atoms with E-state index < -0.39 is 5.91 Å². The first-order valence-electron chi connectivity index (χ1n) is 7.77. The Bertz CT molecular complexity index is 694. The molecular formula is C18H23ClN2O3. The van der Waals surface area contributed by atoms with Gasteiger partial charge in [-0.05, 0) is 43.4 Å². The number of rotatable bonds is 4. The number of nitrogens with one attached hydrogen (secondary N) is 2. The molecule has 1 saturated carbocycles. The van der Waals surface area contributed by atoms with Crippen LogP contribution in [0.25, 0.3) is 0 Å². The second kappa shape index (κ2) is 6.85. The first kappa shape index (κ1) is 18.3. The maximum Gasteiger partial charge on any atom is 0.273 e. The summed E-state index contributed by atoms with van der Waals surface area (Å²) in [6, 6.07) is 4.69. The van der Waals surface area contributed by atoms with Gasteiger partial charge in [0.1, 0.15) is 5.75 Å². The summed E-state index contributed by atoms with van der Waals surface area (Å²) in [5, 5.41) is 0.469. The molecule has 0 bridgehead atoms. The van der Waals surface area contributed by atoms with Crippen LogP contribution >= 0.6 is 11.6 Å². The predicted molar refractivity (Wildman–Crippen MR) is 93.8 cm³/mol. The molecule has 0 radical (unpaired) electrons. The minimum absolute atomic E-state index is 0.107. The zero-order valence-electron chi connectivity index (χ0n) is 14.6. The number of amides is 2. The molecule has 0 heterocycles. The number of benzene rings is 1. The Morgan fingerprint density at radius 3 is 2.50 bits per heavy atom. The van der Waals surface area contributed by atoms with E-state index in [-0.39, 0.29) is 23.2 Å². The van der Waals surface area contributed by atoms with Crippen molar-refractivity contribution >= 4 is 23.4 Å². The van der Waals surface area contributed by atoms with E-state index in [2.05, 4.69) is 16.9 Å². The van der Waals surface area contributed by atoms with Crippen molar-refractivity contribution in [2.24, 2.45) is 17.3 Å². The number of allylic oxidation sites excluding steroid dienone is 2. The maximum absolute atomic E-state index is 12.3. The lowest BCUT2D eigenvalue weighted by Crippen LogP contribution is -2.43. The monoisotopic (exact) mass is 350 g/mol. The largest absolute Gasteiger partial charge is 0.496 e. The van der Waals surface area contributed by atoms with Crippen LogP contribution in [0.1, 0.15) is 38.1 Å². The van der Waals surface area contributed by atoms with Crippen LogP contribution in [-0.4, -0.2) is 18.9 Å². The number of hydrogen-bond acceptors (Lipinski definition) is 3. The topological polar surface area (TPSA) is 67.4 Å². The van der Waals surface area contributed by atoms with Crippen LogP contribution in [0.2, 0.25) is 5.02 Å². The molecule has 2 rings (SSSR count). The Kier molecular flexibility index (Phi) is 5.23. The van der Waals surface area contributed by atoms with Gasteiger partial charge in [-0.15, -0.1) is 0 Å². The molecule has 1 aliphatic rings. The first-order chi connectivity index (χ1) is 11.2. The Balaban J connectivity index is 2.00. The van der Waals surface area contributed by atoms with Gasteiger partial charge in [0.2, 0.25) is 5.91 Å². The molecule has 2 amide bonds. The minimum Gasteiger partial charge on any atom is -0.496 e. The number of carbonyl (C=O) groups excluding carboxylic acids is 2. The van der Waals surface area contributed by atoms with Gasteiger partial charge in [-0.1, -0.05) is 37.1 Å². The molecule has 2 unspecified atom stereocenters. The van der Waals surface area contributed by atoms with E-state index in [1.807, 2.05) is 27.7 Å². The highest BCUT2D eigenvalue weighted by atomic mass is 35.5. The van der Waals surface area contributed by atoms with Gasteiger partial charge in [0, 0.05) is 5.02 Å². The van der Waals surface area contributed by atoms with Gasteiger partial charge in [0.15, 0.2) is 0 Å². The summed E-state index contributed by atoms with van der Waals surface area (Å²) >= 11 is 5.88. The second-order valence-electron chi connectivity index (χ2n) is 6.86. The molecule has 2 atom stereocenters. The van der Waals surface area contributed by atoms with Crippen molar-refractivity contribution in [2.45, 2.75) is 27.7 Å². The highest BCUT2D eigenvalue weighted by Gasteiger charge is 2.60. The van der Waals surface area contributed by atoms with Gasteiger partial charge < -0.3 is 4.74 Å². The summed E-state index contributed by atoms with van der Waals surface area (Å²) in [4.78, 5) is 24.6. The average molecular weight is 351 g/mol. The average Bonchev–Trinajstić information content (AvgIpc) is 3.04. The Morgan fingerprint density at radius 2 is 1.92 bits per heavy atom. The number of ether oxygens (including phenoxy) is 1. The fourth-order valence-corrected chi connectivity index (χ4v) is 3.13. The molecule has 6 heteroatoms. The molecule has 2 N–H and O–H groups in total. The van der Waals surface area contributed by atoms with Crippen LogP contribution in [-0.2, 0) is 4.79 Å². The van der Waals surface area contributed by atoms with Crippen molar-refractivity contribution < 1.29 is 14.3 Å². The number of hydrogen-bond donors (Lipinski definition) is 2. The van der Waals surface area contributed by atoms with E-state index in [9.17, 15) is 9.59 Å². The molecule has 1 aromatic rings. The van der Waals surface area contributed by atoms with Crippen LogP contribution in [0.3, 0.4) is 0 Å². The third kappa shape index (κ3) is 3.73. The summed E-state index contributed by atoms with van der Waals surface area (Å²) < 4.78 is 5.14. The number of halogens is 1. The van der Waals surface area contributed by atoms with Crippen molar-refractivity contribution in [3.05, 3.63) is 40.4 Å². The molecule has 1 aliphatic carbocycles. The fraction of sp³-hybridized carbons (Fsp3) is 0.444. The highest BCUT2D eigenvalue weighted by molar-refractivity contribution is 6.30. The van der Waals surface area contributed by atoms with Crippen LogP contribution in [0.15, 0.2) is 29.8 Å². The smallest absolute Gasteiger partial charge is 0.273 e. The van der Waals surface area contributed by atoms with Gasteiger partial charge in [-0.2, -0.15) is 0 Å². The summed E-state index contributed by atoms with van der Waals surface area (Å²) in [6.45, 7) is 8.12.